The molecule has 2 aromatic carbocycles. The Bertz CT molecular complexity index is 1100. The number of amides is 1. The fourth-order valence-corrected chi connectivity index (χ4v) is 3.85. The lowest BCUT2D eigenvalue weighted by atomic mass is 10.2. The van der Waals surface area contributed by atoms with E-state index in [2.05, 4.69) is 31.3 Å². The molecule has 0 aliphatic heterocycles. The lowest BCUT2D eigenvalue weighted by Crippen LogP contribution is -2.15. The van der Waals surface area contributed by atoms with Crippen LogP contribution in [-0.4, -0.2) is 20.7 Å². The van der Waals surface area contributed by atoms with Gasteiger partial charge in [0.2, 0.25) is 5.13 Å². The fraction of sp³-hybridized carbons (Fsp3) is 0.0500. The molecule has 0 saturated carbocycles. The molecular weight excluding hydrogens is 424 g/mol. The molecule has 0 aliphatic carbocycles. The number of halogens is 1. The smallest absolute Gasteiger partial charge is 0.256 e. The normalized spacial score (nSPS) is 10.7. The van der Waals surface area contributed by atoms with Crippen molar-refractivity contribution in [3.8, 4) is 16.4 Å². The van der Waals surface area contributed by atoms with Crippen LogP contribution in [0.1, 0.15) is 16.1 Å². The van der Waals surface area contributed by atoms with Crippen LogP contribution in [0.3, 0.4) is 0 Å². The summed E-state index contributed by atoms with van der Waals surface area (Å²) in [7, 11) is 0. The van der Waals surface area contributed by atoms with E-state index in [1.54, 1.807) is 16.8 Å². The van der Waals surface area contributed by atoms with Crippen LogP contribution in [0.25, 0.3) is 16.4 Å². The third-order valence-corrected chi connectivity index (χ3v) is 5.21. The first kappa shape index (κ1) is 17.6. The molecule has 0 atom stereocenters. The van der Waals surface area contributed by atoms with Gasteiger partial charge in [0.1, 0.15) is 5.82 Å². The predicted molar refractivity (Wildman–Crippen MR) is 112 cm³/mol. The summed E-state index contributed by atoms with van der Waals surface area (Å²) in [6.45, 7) is 1.89. The molecule has 4 aromatic rings. The summed E-state index contributed by atoms with van der Waals surface area (Å²) in [5.74, 6) is 0.392. The molecule has 1 amide bonds. The summed E-state index contributed by atoms with van der Waals surface area (Å²) < 4.78 is 2.52. The molecule has 0 radical (unpaired) electrons. The Labute approximate surface area is 168 Å². The Kier molecular flexibility index (Phi) is 4.87. The number of nitrogens with zero attached hydrogens (tertiary/aromatic N) is 3. The number of anilines is 1. The Hall–Kier alpha value is -2.77. The van der Waals surface area contributed by atoms with Crippen molar-refractivity contribution in [2.24, 2.45) is 0 Å². The maximum atomic E-state index is 12.6. The van der Waals surface area contributed by atoms with Gasteiger partial charge in [0.15, 0.2) is 0 Å². The number of hydrogen-bond donors (Lipinski definition) is 1. The zero-order valence-corrected chi connectivity index (χ0v) is 16.8. The van der Waals surface area contributed by atoms with E-state index >= 15 is 0 Å². The summed E-state index contributed by atoms with van der Waals surface area (Å²) in [5, 5.41) is 10.1. The molecule has 7 heteroatoms. The molecule has 2 heterocycles. The second-order valence-corrected chi connectivity index (χ2v) is 7.68. The van der Waals surface area contributed by atoms with Gasteiger partial charge >= 0.3 is 0 Å². The highest BCUT2D eigenvalue weighted by atomic mass is 79.9. The largest absolute Gasteiger partial charge is 0.306 e. The van der Waals surface area contributed by atoms with Crippen LogP contribution < -0.4 is 5.32 Å². The predicted octanol–water partition coefficient (Wildman–Crippen LogP) is 5.32. The highest BCUT2D eigenvalue weighted by molar-refractivity contribution is 9.10. The van der Waals surface area contributed by atoms with E-state index in [0.717, 1.165) is 21.4 Å². The summed E-state index contributed by atoms with van der Waals surface area (Å²) in [6.07, 6.45) is 0. The van der Waals surface area contributed by atoms with Gasteiger partial charge < -0.3 is 5.32 Å². The highest BCUT2D eigenvalue weighted by Crippen LogP contribution is 2.26. The molecule has 134 valence electrons. The maximum Gasteiger partial charge on any atom is 0.256 e. The fourth-order valence-electron chi connectivity index (χ4n) is 2.66. The average Bonchev–Trinajstić information content (AvgIpc) is 3.29. The Morgan fingerprint density at radius 3 is 2.70 bits per heavy atom. The lowest BCUT2D eigenvalue weighted by molar-refractivity contribution is 0.102. The lowest BCUT2D eigenvalue weighted by Gasteiger charge is -2.07. The number of rotatable bonds is 4. The van der Waals surface area contributed by atoms with Crippen molar-refractivity contribution in [3.05, 3.63) is 81.8 Å². The van der Waals surface area contributed by atoms with Gasteiger partial charge in [0, 0.05) is 27.0 Å². The van der Waals surface area contributed by atoms with E-state index in [4.69, 9.17) is 0 Å². The van der Waals surface area contributed by atoms with Crippen LogP contribution >= 0.6 is 27.3 Å². The van der Waals surface area contributed by atoms with Gasteiger partial charge in [-0.1, -0.05) is 52.3 Å². The molecule has 4 rings (SSSR count). The van der Waals surface area contributed by atoms with Gasteiger partial charge in [-0.2, -0.15) is 9.78 Å². The highest BCUT2D eigenvalue weighted by Gasteiger charge is 2.15. The zero-order valence-electron chi connectivity index (χ0n) is 14.4. The minimum Gasteiger partial charge on any atom is -0.306 e. The quantitative estimate of drug-likeness (QED) is 0.468. The van der Waals surface area contributed by atoms with Gasteiger partial charge in [-0.15, -0.1) is 11.3 Å². The minimum absolute atomic E-state index is 0.197. The number of aromatic nitrogens is 3. The molecule has 1 N–H and O–H groups in total. The van der Waals surface area contributed by atoms with Crippen molar-refractivity contribution < 1.29 is 4.79 Å². The van der Waals surface area contributed by atoms with Gasteiger partial charge in [-0.25, -0.2) is 4.98 Å². The molecule has 0 spiro atoms. The zero-order chi connectivity index (χ0) is 18.8. The van der Waals surface area contributed by atoms with Crippen molar-refractivity contribution in [2.75, 3.05) is 5.32 Å². The molecule has 0 aliphatic rings. The van der Waals surface area contributed by atoms with E-state index < -0.39 is 0 Å². The monoisotopic (exact) mass is 438 g/mol. The summed E-state index contributed by atoms with van der Waals surface area (Å²) in [5.41, 5.74) is 3.30. The summed E-state index contributed by atoms with van der Waals surface area (Å²) in [6, 6.07) is 19.1. The first-order valence-electron chi connectivity index (χ1n) is 8.25. The van der Waals surface area contributed by atoms with Gasteiger partial charge in [-0.3, -0.25) is 4.79 Å². The summed E-state index contributed by atoms with van der Waals surface area (Å²) in [4.78, 5) is 17.3. The number of nitrogens with one attached hydrogen (secondary N) is 1. The Morgan fingerprint density at radius 1 is 1.11 bits per heavy atom. The van der Waals surface area contributed by atoms with E-state index in [1.165, 1.54) is 11.3 Å². The van der Waals surface area contributed by atoms with Crippen molar-refractivity contribution >= 4 is 39.0 Å². The molecule has 27 heavy (non-hydrogen) atoms. The molecule has 0 fully saturated rings. The van der Waals surface area contributed by atoms with Crippen molar-refractivity contribution in [3.63, 3.8) is 0 Å². The van der Waals surface area contributed by atoms with Crippen molar-refractivity contribution in [2.45, 2.75) is 6.92 Å². The molecule has 2 aromatic heterocycles. The van der Waals surface area contributed by atoms with Crippen LogP contribution in [0.5, 0.6) is 0 Å². The average molecular weight is 439 g/mol. The Balaban J connectivity index is 1.64. The number of thiazole rings is 1. The molecule has 0 unspecified atom stereocenters. The van der Waals surface area contributed by atoms with E-state index in [-0.39, 0.29) is 5.91 Å². The van der Waals surface area contributed by atoms with E-state index in [0.29, 0.717) is 16.5 Å². The molecule has 5 nitrogen and oxygen atoms in total. The first-order chi connectivity index (χ1) is 13.1. The third-order valence-electron chi connectivity index (χ3n) is 3.90. The van der Waals surface area contributed by atoms with E-state index in [9.17, 15) is 4.79 Å². The second-order valence-electron chi connectivity index (χ2n) is 5.93. The van der Waals surface area contributed by atoms with Crippen LogP contribution in [0.15, 0.2) is 70.5 Å². The van der Waals surface area contributed by atoms with Crippen LogP contribution in [0, 0.1) is 6.92 Å². The number of hydrogen-bond acceptors (Lipinski definition) is 4. The van der Waals surface area contributed by atoms with Gasteiger partial charge in [0.05, 0.1) is 11.4 Å². The number of aryl methyl sites for hydroxylation is 1. The minimum atomic E-state index is -0.197. The topological polar surface area (TPSA) is 59.8 Å². The van der Waals surface area contributed by atoms with Crippen LogP contribution in [0.4, 0.5) is 5.82 Å². The van der Waals surface area contributed by atoms with Crippen molar-refractivity contribution in [1.29, 1.82) is 0 Å². The van der Waals surface area contributed by atoms with E-state index in [1.807, 2.05) is 60.8 Å². The van der Waals surface area contributed by atoms with Crippen molar-refractivity contribution in [1.82, 2.24) is 14.8 Å². The SMILES string of the molecule is Cc1cc(NC(=O)c2cccc(Br)c2)n(-c2nc(-c3ccccc3)cs2)n1. The Morgan fingerprint density at radius 2 is 1.93 bits per heavy atom. The molecular formula is C20H15BrN4OS. The summed E-state index contributed by atoms with van der Waals surface area (Å²) >= 11 is 4.87. The second kappa shape index (κ2) is 7.46. The third kappa shape index (κ3) is 3.84. The number of benzene rings is 2. The molecule has 0 saturated heterocycles. The van der Waals surface area contributed by atoms with Crippen LogP contribution in [0.2, 0.25) is 0 Å². The number of carbonyl (C=O) groups excluding carboxylic acids is 1. The van der Waals surface area contributed by atoms with Crippen LogP contribution in [-0.2, 0) is 0 Å². The maximum absolute atomic E-state index is 12.6. The van der Waals surface area contributed by atoms with Gasteiger partial charge in [-0.05, 0) is 25.1 Å². The van der Waals surface area contributed by atoms with Gasteiger partial charge in [0.25, 0.3) is 5.91 Å². The first-order valence-corrected chi connectivity index (χ1v) is 9.92. The standard InChI is InChI=1S/C20H15BrN4OS/c1-13-10-18(23-19(26)15-8-5-9-16(21)11-15)25(24-13)20-22-17(12-27-20)14-6-3-2-4-7-14/h2-12H,1H3,(H,23,26). The number of carbonyl (C=O) groups is 1. The molecule has 0 bridgehead atoms.